The molecule has 4 rings (SSSR count). The summed E-state index contributed by atoms with van der Waals surface area (Å²) in [5.74, 6) is 7.07. The molecule has 11 heteroatoms. The van der Waals surface area contributed by atoms with Crippen molar-refractivity contribution in [1.82, 2.24) is 19.9 Å². The van der Waals surface area contributed by atoms with Gasteiger partial charge < -0.3 is 23.7 Å². The average molecular weight is 558 g/mol. The third-order valence-electron chi connectivity index (χ3n) is 6.23. The van der Waals surface area contributed by atoms with Crippen LogP contribution >= 0.6 is 10.0 Å². The van der Waals surface area contributed by atoms with Gasteiger partial charge in [-0.2, -0.15) is 0 Å². The van der Waals surface area contributed by atoms with Gasteiger partial charge in [0.1, 0.15) is 29.5 Å². The standard InChI is InChI=1S/C28H39N5O5S/c1-28(2,3)38-27(35)32-12-10-19-7-8-21(15-20(19)16-32)37-23-9-11-30-25-24(23)22(26(34)31-29)17-33(25)18-36-13-14-39(4,5)6/h7-9,11,15,17H,10,12-14,16,18,29H2,1-6H3,(H,31,34). The highest BCUT2D eigenvalue weighted by Crippen LogP contribution is 2.35. The Morgan fingerprint density at radius 1 is 1.15 bits per heavy atom. The molecule has 0 unspecified atom stereocenters. The van der Waals surface area contributed by atoms with Crippen LogP contribution in [0.5, 0.6) is 11.5 Å². The second-order valence-corrected chi connectivity index (χ2v) is 16.1. The van der Waals surface area contributed by atoms with Crippen LogP contribution in [0.15, 0.2) is 36.7 Å². The lowest BCUT2D eigenvalue weighted by atomic mass is 10.00. The minimum Gasteiger partial charge on any atom is -0.457 e. The summed E-state index contributed by atoms with van der Waals surface area (Å²) >= 11 is 0. The van der Waals surface area contributed by atoms with Crippen molar-refractivity contribution in [1.29, 1.82) is 0 Å². The number of amides is 2. The number of nitrogen functional groups attached to an aromatic ring is 1. The second kappa shape index (κ2) is 11.4. The highest BCUT2D eigenvalue weighted by molar-refractivity contribution is 8.32. The van der Waals surface area contributed by atoms with Crippen molar-refractivity contribution >= 4 is 33.1 Å². The normalized spacial score (nSPS) is 14.2. The molecule has 3 N–H and O–H groups in total. The van der Waals surface area contributed by atoms with E-state index in [-0.39, 0.29) is 12.8 Å². The van der Waals surface area contributed by atoms with Crippen LogP contribution in [0.4, 0.5) is 4.79 Å². The van der Waals surface area contributed by atoms with Gasteiger partial charge in [0.05, 0.1) is 17.6 Å². The Balaban J connectivity index is 1.59. The SMILES string of the molecule is CC(C)(C)OC(=O)N1CCc2ccc(Oc3ccnc4c3c(C(=O)NN)cn4COCCS(C)(C)C)cc2C1. The number of carbonyl (C=O) groups is 2. The van der Waals surface area contributed by atoms with Gasteiger partial charge in [-0.1, -0.05) is 6.07 Å². The molecule has 0 saturated carbocycles. The van der Waals surface area contributed by atoms with Crippen LogP contribution in [0.25, 0.3) is 11.0 Å². The summed E-state index contributed by atoms with van der Waals surface area (Å²) in [4.78, 5) is 31.5. The number of aromatic nitrogens is 2. The van der Waals surface area contributed by atoms with Gasteiger partial charge in [-0.3, -0.25) is 10.2 Å². The highest BCUT2D eigenvalue weighted by Gasteiger charge is 2.26. The van der Waals surface area contributed by atoms with Gasteiger partial charge >= 0.3 is 6.09 Å². The van der Waals surface area contributed by atoms with Crippen molar-refractivity contribution in [3.05, 3.63) is 53.3 Å². The molecule has 39 heavy (non-hydrogen) atoms. The number of nitrogens with one attached hydrogen (secondary N) is 1. The smallest absolute Gasteiger partial charge is 0.410 e. The summed E-state index contributed by atoms with van der Waals surface area (Å²) in [5.41, 5.74) is 4.70. The van der Waals surface area contributed by atoms with Crippen LogP contribution in [0.2, 0.25) is 0 Å². The fourth-order valence-electron chi connectivity index (χ4n) is 4.30. The number of hydrogen-bond acceptors (Lipinski definition) is 7. The lowest BCUT2D eigenvalue weighted by molar-refractivity contribution is 0.0223. The van der Waals surface area contributed by atoms with E-state index in [0.717, 1.165) is 23.3 Å². The third kappa shape index (κ3) is 7.23. The van der Waals surface area contributed by atoms with Gasteiger partial charge in [0.25, 0.3) is 5.91 Å². The number of nitrogens with zero attached hydrogens (tertiary/aromatic N) is 3. The summed E-state index contributed by atoms with van der Waals surface area (Å²) in [6.07, 6.45) is 10.4. The first kappa shape index (κ1) is 28.7. The Bertz CT molecular complexity index is 1360. The zero-order chi connectivity index (χ0) is 28.4. The fraction of sp³-hybridized carbons (Fsp3) is 0.464. The molecular weight excluding hydrogens is 518 g/mol. The minimum absolute atomic E-state index is 0.250. The Morgan fingerprint density at radius 2 is 1.92 bits per heavy atom. The quantitative estimate of drug-likeness (QED) is 0.182. The Kier molecular flexibility index (Phi) is 8.43. The lowest BCUT2D eigenvalue weighted by Gasteiger charge is -2.31. The number of carbonyl (C=O) groups excluding carboxylic acids is 2. The Hall–Kier alpha value is -3.28. The third-order valence-corrected chi connectivity index (χ3v) is 7.63. The molecule has 212 valence electrons. The largest absolute Gasteiger partial charge is 0.457 e. The first-order valence-corrected chi connectivity index (χ1v) is 15.9. The van der Waals surface area contributed by atoms with E-state index in [1.165, 1.54) is 0 Å². The molecule has 2 amide bonds. The van der Waals surface area contributed by atoms with Gasteiger partial charge in [0.15, 0.2) is 0 Å². The molecule has 1 aliphatic rings. The number of nitrogens with two attached hydrogens (primary N) is 1. The van der Waals surface area contributed by atoms with E-state index in [2.05, 4.69) is 29.2 Å². The van der Waals surface area contributed by atoms with E-state index in [1.807, 2.05) is 39.0 Å². The zero-order valence-electron chi connectivity index (χ0n) is 23.6. The fourth-order valence-corrected chi connectivity index (χ4v) is 4.92. The first-order valence-electron chi connectivity index (χ1n) is 12.8. The van der Waals surface area contributed by atoms with Crippen LogP contribution in [0.3, 0.4) is 0 Å². The number of rotatable bonds is 8. The molecule has 1 aliphatic heterocycles. The van der Waals surface area contributed by atoms with Crippen LogP contribution < -0.4 is 16.0 Å². The molecule has 1 aromatic carbocycles. The number of benzene rings is 1. The van der Waals surface area contributed by atoms with Gasteiger partial charge in [-0.05, 0) is 75.3 Å². The second-order valence-electron chi connectivity index (χ2n) is 11.5. The van der Waals surface area contributed by atoms with Gasteiger partial charge in [-0.15, -0.1) is 0 Å². The summed E-state index contributed by atoms with van der Waals surface area (Å²) in [6.45, 7) is 7.46. The number of fused-ring (bicyclic) bond motifs is 2. The molecule has 0 bridgehead atoms. The molecule has 0 aliphatic carbocycles. The number of ether oxygens (including phenoxy) is 3. The number of hydrogen-bond donors (Lipinski definition) is 2. The molecule has 0 spiro atoms. The Morgan fingerprint density at radius 3 is 2.62 bits per heavy atom. The van der Waals surface area contributed by atoms with Gasteiger partial charge in [-0.25, -0.2) is 25.6 Å². The number of pyridine rings is 1. The van der Waals surface area contributed by atoms with Crippen LogP contribution in [-0.2, 0) is 29.2 Å². The van der Waals surface area contributed by atoms with Crippen molar-refractivity contribution in [2.24, 2.45) is 5.84 Å². The molecule has 10 nitrogen and oxygen atoms in total. The van der Waals surface area contributed by atoms with Crippen molar-refractivity contribution < 1.29 is 23.8 Å². The maximum Gasteiger partial charge on any atom is 0.410 e. The molecule has 3 heterocycles. The average Bonchev–Trinajstić information content (AvgIpc) is 3.24. The summed E-state index contributed by atoms with van der Waals surface area (Å²) < 4.78 is 19.6. The van der Waals surface area contributed by atoms with E-state index in [9.17, 15) is 9.59 Å². The van der Waals surface area contributed by atoms with Crippen molar-refractivity contribution in [2.75, 3.05) is 37.7 Å². The molecule has 3 aromatic rings. The molecule has 0 radical (unpaired) electrons. The maximum atomic E-state index is 12.7. The summed E-state index contributed by atoms with van der Waals surface area (Å²) in [5, 5.41) is 0.540. The lowest BCUT2D eigenvalue weighted by Crippen LogP contribution is -2.39. The number of hydrazine groups is 1. The maximum absolute atomic E-state index is 12.7. The van der Waals surface area contributed by atoms with Crippen LogP contribution in [-0.4, -0.2) is 69.7 Å². The molecule has 2 aromatic heterocycles. The van der Waals surface area contributed by atoms with Crippen LogP contribution in [0, 0.1) is 0 Å². The van der Waals surface area contributed by atoms with Crippen molar-refractivity contribution in [3.8, 4) is 11.5 Å². The molecule has 0 fully saturated rings. The van der Waals surface area contributed by atoms with Gasteiger partial charge in [0.2, 0.25) is 0 Å². The highest BCUT2D eigenvalue weighted by atomic mass is 32.3. The van der Waals surface area contributed by atoms with Crippen molar-refractivity contribution in [2.45, 2.75) is 46.1 Å². The molecule has 0 saturated heterocycles. The topological polar surface area (TPSA) is 121 Å². The Labute approximate surface area is 231 Å². The van der Waals surface area contributed by atoms with E-state index in [4.69, 9.17) is 20.1 Å². The van der Waals surface area contributed by atoms with Crippen molar-refractivity contribution in [3.63, 3.8) is 0 Å². The summed E-state index contributed by atoms with van der Waals surface area (Å²) in [7, 11) is -0.677. The van der Waals surface area contributed by atoms with Crippen LogP contribution in [0.1, 0.15) is 42.3 Å². The summed E-state index contributed by atoms with van der Waals surface area (Å²) in [6, 6.07) is 7.55. The van der Waals surface area contributed by atoms with E-state index < -0.39 is 21.5 Å². The van der Waals surface area contributed by atoms with E-state index >= 15 is 0 Å². The molecule has 0 atom stereocenters. The van der Waals surface area contributed by atoms with Gasteiger partial charge in [0, 0.05) is 31.2 Å². The minimum atomic E-state index is -0.677. The predicted molar refractivity (Wildman–Crippen MR) is 154 cm³/mol. The van der Waals surface area contributed by atoms with E-state index in [1.54, 1.807) is 27.9 Å². The van der Waals surface area contributed by atoms with E-state index in [0.29, 0.717) is 47.8 Å². The predicted octanol–water partition coefficient (Wildman–Crippen LogP) is 4.39. The zero-order valence-corrected chi connectivity index (χ0v) is 24.4. The monoisotopic (exact) mass is 557 g/mol. The molecular formula is C28H39N5O5S. The first-order chi connectivity index (χ1) is 18.3.